The maximum absolute atomic E-state index is 12.2. The zero-order valence-electron chi connectivity index (χ0n) is 14.4. The molecule has 7 heteroatoms. The number of H-pyrrole nitrogens is 1. The van der Waals surface area contributed by atoms with E-state index in [1.807, 2.05) is 12.3 Å². The van der Waals surface area contributed by atoms with E-state index < -0.39 is 9.84 Å². The molecule has 2 aromatic rings. The molecule has 0 amide bonds. The Hall–Kier alpha value is -1.37. The van der Waals surface area contributed by atoms with Crippen LogP contribution in [0, 0.1) is 0 Å². The van der Waals surface area contributed by atoms with Gasteiger partial charge in [-0.15, -0.1) is 12.4 Å². The second-order valence-corrected chi connectivity index (χ2v) is 8.79. The summed E-state index contributed by atoms with van der Waals surface area (Å²) in [6, 6.07) is 8.60. The van der Waals surface area contributed by atoms with E-state index in [1.54, 1.807) is 24.3 Å². The summed E-state index contributed by atoms with van der Waals surface area (Å²) in [6.07, 6.45) is 2.41. The molecule has 0 atom stereocenters. The van der Waals surface area contributed by atoms with Crippen LogP contribution in [-0.2, 0) is 21.8 Å². The molecule has 0 unspecified atom stereocenters. The quantitative estimate of drug-likeness (QED) is 0.733. The Balaban J connectivity index is 0.00000288. The zero-order chi connectivity index (χ0) is 16.9. The molecular formula is C17H26ClN3O2S. The topological polar surface area (TPSA) is 74.8 Å². The van der Waals surface area contributed by atoms with Gasteiger partial charge in [-0.3, -0.25) is 5.10 Å². The van der Waals surface area contributed by atoms with Gasteiger partial charge in [-0.05, 0) is 25.1 Å². The molecule has 0 fully saturated rings. The predicted molar refractivity (Wildman–Crippen MR) is 99.4 cm³/mol. The van der Waals surface area contributed by atoms with Crippen molar-refractivity contribution >= 4 is 22.2 Å². The molecule has 2 N–H and O–H groups in total. The number of aromatic amines is 1. The molecule has 0 saturated heterocycles. The summed E-state index contributed by atoms with van der Waals surface area (Å²) >= 11 is 0. The van der Waals surface area contributed by atoms with Crippen LogP contribution in [-0.4, -0.2) is 30.9 Å². The maximum Gasteiger partial charge on any atom is 0.178 e. The molecule has 2 rings (SSSR count). The highest BCUT2D eigenvalue weighted by Gasteiger charge is 2.19. The highest BCUT2D eigenvalue weighted by atomic mass is 35.5. The number of benzene rings is 1. The van der Waals surface area contributed by atoms with E-state index in [4.69, 9.17) is 0 Å². The fraction of sp³-hybridized carbons (Fsp3) is 0.471. The van der Waals surface area contributed by atoms with Crippen LogP contribution in [0.25, 0.3) is 0 Å². The number of aromatic nitrogens is 2. The van der Waals surface area contributed by atoms with Crippen molar-refractivity contribution < 1.29 is 8.42 Å². The van der Waals surface area contributed by atoms with Gasteiger partial charge < -0.3 is 5.32 Å². The molecule has 1 aromatic heterocycles. The van der Waals surface area contributed by atoms with Crippen LogP contribution in [0.4, 0.5) is 0 Å². The molecule has 0 radical (unpaired) electrons. The van der Waals surface area contributed by atoms with Gasteiger partial charge in [-0.25, -0.2) is 8.42 Å². The Morgan fingerprint density at radius 3 is 2.46 bits per heavy atom. The molecule has 0 aliphatic rings. The molecule has 5 nitrogen and oxygen atoms in total. The third kappa shape index (κ3) is 5.61. The fourth-order valence-electron chi connectivity index (χ4n) is 2.45. The van der Waals surface area contributed by atoms with Gasteiger partial charge in [0.05, 0.1) is 16.8 Å². The standard InChI is InChI=1S/C17H25N3O2S.ClH/c1-17(2,3)16-14(13-19-20-16)12-18-10-7-11-23(21,22)15-8-5-4-6-9-15;/h4-6,8-9,13,18H,7,10-12H2,1-3H3,(H,19,20);1H. The Kier molecular flexibility index (Phi) is 7.45. The van der Waals surface area contributed by atoms with Gasteiger partial charge in [0.15, 0.2) is 9.84 Å². The third-order valence-electron chi connectivity index (χ3n) is 3.65. The Morgan fingerprint density at radius 1 is 1.17 bits per heavy atom. The molecule has 1 aromatic carbocycles. The summed E-state index contributed by atoms with van der Waals surface area (Å²) in [6.45, 7) is 7.75. The first-order chi connectivity index (χ1) is 10.8. The average Bonchev–Trinajstić information content (AvgIpc) is 2.96. The lowest BCUT2D eigenvalue weighted by atomic mass is 9.89. The Labute approximate surface area is 150 Å². The number of nitrogens with zero attached hydrogens (tertiary/aromatic N) is 1. The molecule has 0 bridgehead atoms. The SMILES string of the molecule is CC(C)(C)c1[nH]ncc1CNCCCS(=O)(=O)c1ccccc1.Cl. The largest absolute Gasteiger partial charge is 0.313 e. The molecule has 134 valence electrons. The van der Waals surface area contributed by atoms with Crippen molar-refractivity contribution in [2.24, 2.45) is 0 Å². The lowest BCUT2D eigenvalue weighted by Crippen LogP contribution is -2.21. The van der Waals surface area contributed by atoms with Crippen molar-refractivity contribution in [1.29, 1.82) is 0 Å². The minimum atomic E-state index is -3.18. The molecule has 0 aliphatic carbocycles. The molecule has 0 saturated carbocycles. The van der Waals surface area contributed by atoms with Crippen LogP contribution in [0.3, 0.4) is 0 Å². The monoisotopic (exact) mass is 371 g/mol. The molecular weight excluding hydrogens is 346 g/mol. The van der Waals surface area contributed by atoms with Crippen molar-refractivity contribution in [3.63, 3.8) is 0 Å². The summed E-state index contributed by atoms with van der Waals surface area (Å²) in [7, 11) is -3.18. The summed E-state index contributed by atoms with van der Waals surface area (Å²) < 4.78 is 24.3. The summed E-state index contributed by atoms with van der Waals surface area (Å²) in [4.78, 5) is 0.393. The van der Waals surface area contributed by atoms with Crippen molar-refractivity contribution in [2.45, 2.75) is 44.0 Å². The summed E-state index contributed by atoms with van der Waals surface area (Å²) in [5, 5.41) is 10.5. The van der Waals surface area contributed by atoms with Crippen LogP contribution < -0.4 is 5.32 Å². The maximum atomic E-state index is 12.2. The first-order valence-corrected chi connectivity index (χ1v) is 9.47. The van der Waals surface area contributed by atoms with Crippen LogP contribution in [0.5, 0.6) is 0 Å². The normalized spacial score (nSPS) is 12.0. The van der Waals surface area contributed by atoms with E-state index >= 15 is 0 Å². The van der Waals surface area contributed by atoms with Crippen LogP contribution >= 0.6 is 12.4 Å². The number of nitrogens with one attached hydrogen (secondary N) is 2. The molecule has 24 heavy (non-hydrogen) atoms. The van der Waals surface area contributed by atoms with Crippen molar-refractivity contribution in [3.05, 3.63) is 47.8 Å². The second kappa shape index (κ2) is 8.65. The van der Waals surface area contributed by atoms with Crippen molar-refractivity contribution in [2.75, 3.05) is 12.3 Å². The number of hydrogen-bond acceptors (Lipinski definition) is 4. The van der Waals surface area contributed by atoms with Gasteiger partial charge in [-0.1, -0.05) is 39.0 Å². The smallest absolute Gasteiger partial charge is 0.178 e. The minimum absolute atomic E-state index is 0. The highest BCUT2D eigenvalue weighted by molar-refractivity contribution is 7.91. The van der Waals surface area contributed by atoms with E-state index in [9.17, 15) is 8.42 Å². The molecule has 0 spiro atoms. The number of halogens is 1. The van der Waals surface area contributed by atoms with Gasteiger partial charge in [-0.2, -0.15) is 5.10 Å². The van der Waals surface area contributed by atoms with E-state index in [1.165, 1.54) is 0 Å². The lowest BCUT2D eigenvalue weighted by molar-refractivity contribution is 0.553. The van der Waals surface area contributed by atoms with Gasteiger partial charge in [0.2, 0.25) is 0 Å². The van der Waals surface area contributed by atoms with Gasteiger partial charge >= 0.3 is 0 Å². The minimum Gasteiger partial charge on any atom is -0.313 e. The third-order valence-corrected chi connectivity index (χ3v) is 5.47. The molecule has 0 aliphatic heterocycles. The van der Waals surface area contributed by atoms with Crippen molar-refractivity contribution in [1.82, 2.24) is 15.5 Å². The van der Waals surface area contributed by atoms with Crippen LogP contribution in [0.1, 0.15) is 38.4 Å². The number of rotatable bonds is 7. The Bertz CT molecular complexity index is 722. The van der Waals surface area contributed by atoms with E-state index in [2.05, 4.69) is 36.3 Å². The number of hydrogen-bond donors (Lipinski definition) is 2. The second-order valence-electron chi connectivity index (χ2n) is 6.68. The van der Waals surface area contributed by atoms with Gasteiger partial charge in [0.25, 0.3) is 0 Å². The first-order valence-electron chi connectivity index (χ1n) is 7.82. The van der Waals surface area contributed by atoms with Gasteiger partial charge in [0, 0.05) is 23.2 Å². The van der Waals surface area contributed by atoms with Crippen molar-refractivity contribution in [3.8, 4) is 0 Å². The zero-order valence-corrected chi connectivity index (χ0v) is 16.0. The summed E-state index contributed by atoms with van der Waals surface area (Å²) in [5.74, 6) is 0.154. The van der Waals surface area contributed by atoms with E-state index in [0.717, 1.165) is 11.3 Å². The Morgan fingerprint density at radius 2 is 1.83 bits per heavy atom. The van der Waals surface area contributed by atoms with E-state index in [-0.39, 0.29) is 23.6 Å². The molecule has 1 heterocycles. The number of sulfone groups is 1. The first kappa shape index (κ1) is 20.7. The fourth-order valence-corrected chi connectivity index (χ4v) is 3.78. The van der Waals surface area contributed by atoms with Gasteiger partial charge in [0.1, 0.15) is 0 Å². The van der Waals surface area contributed by atoms with Crippen LogP contribution in [0.15, 0.2) is 41.4 Å². The summed E-state index contributed by atoms with van der Waals surface area (Å²) in [5.41, 5.74) is 2.26. The highest BCUT2D eigenvalue weighted by Crippen LogP contribution is 2.23. The lowest BCUT2D eigenvalue weighted by Gasteiger charge is -2.18. The van der Waals surface area contributed by atoms with E-state index in [0.29, 0.717) is 24.4 Å². The predicted octanol–water partition coefficient (Wildman–Crippen LogP) is 3.08. The average molecular weight is 372 g/mol. The van der Waals surface area contributed by atoms with Crippen LogP contribution in [0.2, 0.25) is 0 Å².